The second-order valence-electron chi connectivity index (χ2n) is 3.25. The van der Waals surface area contributed by atoms with Crippen molar-refractivity contribution in [3.05, 3.63) is 34.1 Å². The lowest BCUT2D eigenvalue weighted by Gasteiger charge is -2.24. The average Bonchev–Trinajstić information content (AvgIpc) is 2.15. The second-order valence-corrected chi connectivity index (χ2v) is 4.10. The number of rotatable bonds is 0. The Balaban J connectivity index is 2.42. The molecule has 6 heteroatoms. The summed E-state index contributed by atoms with van der Waals surface area (Å²) in [6, 6.07) is 2.18. The van der Waals surface area contributed by atoms with Crippen molar-refractivity contribution in [1.82, 2.24) is 0 Å². The van der Waals surface area contributed by atoms with E-state index in [9.17, 15) is 17.6 Å². The van der Waals surface area contributed by atoms with Crippen LogP contribution in [-0.4, -0.2) is 12.3 Å². The molecule has 0 saturated carbocycles. The van der Waals surface area contributed by atoms with E-state index in [1.165, 1.54) is 6.08 Å². The molecule has 1 heterocycles. The Morgan fingerprint density at radius 2 is 1.94 bits per heavy atom. The van der Waals surface area contributed by atoms with Crippen molar-refractivity contribution in [2.75, 3.05) is 0 Å². The minimum absolute atomic E-state index is 0.00576. The lowest BCUT2D eigenvalue weighted by Crippen LogP contribution is -2.34. The van der Waals surface area contributed by atoms with Crippen molar-refractivity contribution in [3.8, 4) is 5.75 Å². The predicted molar refractivity (Wildman–Crippen MR) is 53.6 cm³/mol. The van der Waals surface area contributed by atoms with E-state index in [0.29, 0.717) is 0 Å². The van der Waals surface area contributed by atoms with E-state index in [2.05, 4.69) is 15.9 Å². The van der Waals surface area contributed by atoms with Crippen molar-refractivity contribution in [2.45, 2.75) is 12.3 Å². The van der Waals surface area contributed by atoms with Crippen LogP contribution in [0.1, 0.15) is 5.56 Å². The van der Waals surface area contributed by atoms with Crippen molar-refractivity contribution in [3.63, 3.8) is 0 Å². The molecule has 1 unspecified atom stereocenters. The van der Waals surface area contributed by atoms with Crippen LogP contribution >= 0.6 is 15.9 Å². The molecule has 0 aromatic heterocycles. The minimum atomic E-state index is -4.47. The van der Waals surface area contributed by atoms with Gasteiger partial charge in [-0.2, -0.15) is 13.2 Å². The molecule has 1 aliphatic rings. The number of hydrogen-bond acceptors (Lipinski definition) is 1. The van der Waals surface area contributed by atoms with Gasteiger partial charge in [0.25, 0.3) is 0 Å². The molecular weight excluding hydrogens is 292 g/mol. The molecule has 16 heavy (non-hydrogen) atoms. The summed E-state index contributed by atoms with van der Waals surface area (Å²) in [6.07, 6.45) is -4.40. The lowest BCUT2D eigenvalue weighted by molar-refractivity contribution is -0.180. The fraction of sp³-hybridized carbons (Fsp3) is 0.200. The normalized spacial score (nSPS) is 19.2. The first kappa shape index (κ1) is 11.4. The molecule has 0 radical (unpaired) electrons. The number of halogens is 5. The summed E-state index contributed by atoms with van der Waals surface area (Å²) in [6.45, 7) is 0. The molecule has 0 bridgehead atoms. The van der Waals surface area contributed by atoms with Gasteiger partial charge >= 0.3 is 6.18 Å². The molecule has 0 spiro atoms. The Hall–Kier alpha value is -1.04. The van der Waals surface area contributed by atoms with Gasteiger partial charge in [0, 0.05) is 5.56 Å². The van der Waals surface area contributed by atoms with Crippen LogP contribution in [0.15, 0.2) is 22.7 Å². The van der Waals surface area contributed by atoms with Crippen LogP contribution in [0.5, 0.6) is 5.75 Å². The fourth-order valence-electron chi connectivity index (χ4n) is 1.36. The Morgan fingerprint density at radius 3 is 2.56 bits per heavy atom. The number of ether oxygens (including phenoxy) is 1. The van der Waals surface area contributed by atoms with E-state index in [1.807, 2.05) is 0 Å². The maximum atomic E-state index is 12.9. The topological polar surface area (TPSA) is 9.23 Å². The predicted octanol–water partition coefficient (Wildman–Crippen LogP) is 3.92. The SMILES string of the molecule is Fc1cc(Br)c2c(c1)C=CC(C(F)(F)F)O2. The summed E-state index contributed by atoms with van der Waals surface area (Å²) >= 11 is 2.96. The standard InChI is InChI=1S/C10H5BrF4O/c11-7-4-6(12)3-5-1-2-8(10(13,14)15)16-9(5)7/h1-4,8H. The second kappa shape index (κ2) is 3.76. The highest BCUT2D eigenvalue weighted by atomic mass is 79.9. The zero-order chi connectivity index (χ0) is 11.9. The molecule has 1 nitrogen and oxygen atoms in total. The zero-order valence-electron chi connectivity index (χ0n) is 7.68. The summed E-state index contributed by atoms with van der Waals surface area (Å²) in [7, 11) is 0. The summed E-state index contributed by atoms with van der Waals surface area (Å²) in [5, 5.41) is 0. The molecule has 0 fully saturated rings. The highest BCUT2D eigenvalue weighted by Crippen LogP contribution is 2.38. The van der Waals surface area contributed by atoms with Crippen LogP contribution in [0.25, 0.3) is 6.08 Å². The van der Waals surface area contributed by atoms with Gasteiger partial charge in [0.1, 0.15) is 11.6 Å². The van der Waals surface area contributed by atoms with Crippen LogP contribution in [0.4, 0.5) is 17.6 Å². The van der Waals surface area contributed by atoms with Crippen molar-refractivity contribution in [2.24, 2.45) is 0 Å². The summed E-state index contributed by atoms with van der Waals surface area (Å²) in [4.78, 5) is 0. The molecule has 1 aromatic carbocycles. The molecule has 0 aliphatic carbocycles. The van der Waals surface area contributed by atoms with E-state index < -0.39 is 18.1 Å². The minimum Gasteiger partial charge on any atom is -0.475 e. The Morgan fingerprint density at radius 1 is 1.25 bits per heavy atom. The van der Waals surface area contributed by atoms with E-state index in [-0.39, 0.29) is 15.8 Å². The van der Waals surface area contributed by atoms with E-state index in [1.54, 1.807) is 0 Å². The van der Waals surface area contributed by atoms with Gasteiger partial charge < -0.3 is 4.74 Å². The molecule has 1 aromatic rings. The molecule has 2 rings (SSSR count). The molecule has 1 atom stereocenters. The summed E-state index contributed by atoms with van der Waals surface area (Å²) in [5.74, 6) is -0.532. The van der Waals surface area contributed by atoms with Gasteiger partial charge in [0.05, 0.1) is 4.47 Å². The fourth-order valence-corrected chi connectivity index (χ4v) is 1.90. The highest BCUT2D eigenvalue weighted by molar-refractivity contribution is 9.10. The van der Waals surface area contributed by atoms with Crippen LogP contribution in [0.3, 0.4) is 0 Å². The molecule has 1 aliphatic heterocycles. The molecular formula is C10H5BrF4O. The first-order chi connectivity index (χ1) is 7.38. The van der Waals surface area contributed by atoms with Crippen LogP contribution in [0.2, 0.25) is 0 Å². The third kappa shape index (κ3) is 2.07. The number of hydrogen-bond donors (Lipinski definition) is 0. The third-order valence-electron chi connectivity index (χ3n) is 2.06. The smallest absolute Gasteiger partial charge is 0.429 e. The average molecular weight is 297 g/mol. The molecule has 0 amide bonds. The van der Waals surface area contributed by atoms with Crippen molar-refractivity contribution >= 4 is 22.0 Å². The van der Waals surface area contributed by atoms with E-state index in [0.717, 1.165) is 18.2 Å². The van der Waals surface area contributed by atoms with Crippen molar-refractivity contribution < 1.29 is 22.3 Å². The number of benzene rings is 1. The van der Waals surface area contributed by atoms with E-state index in [4.69, 9.17) is 4.74 Å². The highest BCUT2D eigenvalue weighted by Gasteiger charge is 2.41. The third-order valence-corrected chi connectivity index (χ3v) is 2.64. The Labute approximate surface area is 96.8 Å². The Kier molecular flexibility index (Phi) is 2.69. The number of fused-ring (bicyclic) bond motifs is 1. The first-order valence-corrected chi connectivity index (χ1v) is 5.08. The monoisotopic (exact) mass is 296 g/mol. The summed E-state index contributed by atoms with van der Waals surface area (Å²) in [5.41, 5.74) is 0.285. The Bertz CT molecular complexity index is 453. The van der Waals surface area contributed by atoms with Gasteiger partial charge in [0.2, 0.25) is 6.10 Å². The van der Waals surface area contributed by atoms with Crippen LogP contribution < -0.4 is 4.74 Å². The molecule has 0 N–H and O–H groups in total. The molecule has 0 saturated heterocycles. The maximum absolute atomic E-state index is 12.9. The van der Waals surface area contributed by atoms with Gasteiger partial charge in [-0.3, -0.25) is 0 Å². The quantitative estimate of drug-likeness (QED) is 0.659. The van der Waals surface area contributed by atoms with Gasteiger partial charge in [0.15, 0.2) is 0 Å². The lowest BCUT2D eigenvalue weighted by atomic mass is 10.1. The van der Waals surface area contributed by atoms with E-state index >= 15 is 0 Å². The zero-order valence-corrected chi connectivity index (χ0v) is 9.27. The van der Waals surface area contributed by atoms with Gasteiger partial charge in [-0.1, -0.05) is 6.08 Å². The summed E-state index contributed by atoms with van der Waals surface area (Å²) < 4.78 is 55.0. The number of alkyl halides is 3. The first-order valence-electron chi connectivity index (χ1n) is 4.28. The van der Waals surface area contributed by atoms with Crippen molar-refractivity contribution in [1.29, 1.82) is 0 Å². The maximum Gasteiger partial charge on any atom is 0.429 e. The largest absolute Gasteiger partial charge is 0.475 e. The van der Waals surface area contributed by atoms with Crippen LogP contribution in [-0.2, 0) is 0 Å². The van der Waals surface area contributed by atoms with Gasteiger partial charge in [-0.25, -0.2) is 4.39 Å². The van der Waals surface area contributed by atoms with Gasteiger partial charge in [-0.15, -0.1) is 0 Å². The van der Waals surface area contributed by atoms with Crippen LogP contribution in [0, 0.1) is 5.82 Å². The van der Waals surface area contributed by atoms with Gasteiger partial charge in [-0.05, 0) is 34.1 Å². The molecule has 86 valence electrons.